The predicted octanol–water partition coefficient (Wildman–Crippen LogP) is 0.713. The first-order valence-corrected chi connectivity index (χ1v) is 3.83. The maximum Gasteiger partial charge on any atom is 0.248 e. The summed E-state index contributed by atoms with van der Waals surface area (Å²) in [7, 11) is 0. The van der Waals surface area contributed by atoms with Gasteiger partial charge >= 0.3 is 0 Å². The van der Waals surface area contributed by atoms with Gasteiger partial charge in [0.15, 0.2) is 0 Å². The smallest absolute Gasteiger partial charge is 0.248 e. The summed E-state index contributed by atoms with van der Waals surface area (Å²) < 4.78 is 0. The van der Waals surface area contributed by atoms with Crippen LogP contribution in [-0.2, 0) is 4.79 Å². The SMILES string of the molecule is CC(C)=C/C(C(N)=O)=C(/C)CN. The molecule has 0 aromatic rings. The lowest BCUT2D eigenvalue weighted by molar-refractivity contribution is -0.114. The lowest BCUT2D eigenvalue weighted by atomic mass is 10.1. The molecule has 0 unspecified atom stereocenters. The van der Waals surface area contributed by atoms with Crippen molar-refractivity contribution >= 4 is 5.91 Å². The first kappa shape index (κ1) is 10.9. The summed E-state index contributed by atoms with van der Waals surface area (Å²) in [5.41, 5.74) is 12.9. The fourth-order valence-electron chi connectivity index (χ4n) is 0.803. The van der Waals surface area contributed by atoms with Crippen molar-refractivity contribution in [3.8, 4) is 0 Å². The summed E-state index contributed by atoms with van der Waals surface area (Å²) in [6.07, 6.45) is 1.75. The molecule has 0 bridgehead atoms. The molecular formula is C9H16N2O. The van der Waals surface area contributed by atoms with Gasteiger partial charge in [0.05, 0.1) is 0 Å². The number of nitrogens with two attached hydrogens (primary N) is 2. The number of primary amides is 1. The number of allylic oxidation sites excluding steroid dienone is 1. The highest BCUT2D eigenvalue weighted by Gasteiger charge is 2.04. The molecule has 12 heavy (non-hydrogen) atoms. The Morgan fingerprint density at radius 1 is 1.33 bits per heavy atom. The van der Waals surface area contributed by atoms with Gasteiger partial charge in [-0.15, -0.1) is 0 Å². The number of carbonyl (C=O) groups is 1. The van der Waals surface area contributed by atoms with E-state index >= 15 is 0 Å². The number of hydrogen-bond acceptors (Lipinski definition) is 2. The number of hydrogen-bond donors (Lipinski definition) is 2. The van der Waals surface area contributed by atoms with Crippen molar-refractivity contribution < 1.29 is 4.79 Å². The molecule has 0 atom stereocenters. The zero-order chi connectivity index (χ0) is 9.72. The standard InChI is InChI=1S/C9H16N2O/c1-6(2)4-8(9(11)12)7(3)5-10/h4H,5,10H2,1-3H3,(H2,11,12)/b8-7+. The van der Waals surface area contributed by atoms with Crippen LogP contribution in [0.3, 0.4) is 0 Å². The molecule has 3 nitrogen and oxygen atoms in total. The zero-order valence-corrected chi connectivity index (χ0v) is 7.85. The van der Waals surface area contributed by atoms with Crippen molar-refractivity contribution in [2.75, 3.05) is 6.54 Å². The van der Waals surface area contributed by atoms with E-state index in [1.807, 2.05) is 13.8 Å². The Labute approximate surface area is 73.1 Å². The highest BCUT2D eigenvalue weighted by atomic mass is 16.1. The van der Waals surface area contributed by atoms with E-state index in [1.54, 1.807) is 13.0 Å². The van der Waals surface area contributed by atoms with Crippen molar-refractivity contribution in [2.24, 2.45) is 11.5 Å². The summed E-state index contributed by atoms with van der Waals surface area (Å²) in [6, 6.07) is 0. The summed E-state index contributed by atoms with van der Waals surface area (Å²) in [5.74, 6) is -0.417. The van der Waals surface area contributed by atoms with E-state index in [0.717, 1.165) is 11.1 Å². The molecule has 4 N–H and O–H groups in total. The zero-order valence-electron chi connectivity index (χ0n) is 7.85. The molecule has 0 rings (SSSR count). The Balaban J connectivity index is 4.93. The minimum atomic E-state index is -0.417. The van der Waals surface area contributed by atoms with Gasteiger partial charge in [-0.1, -0.05) is 11.6 Å². The van der Waals surface area contributed by atoms with E-state index in [4.69, 9.17) is 11.5 Å². The van der Waals surface area contributed by atoms with Crippen molar-refractivity contribution in [2.45, 2.75) is 20.8 Å². The third-order valence-electron chi connectivity index (χ3n) is 1.46. The van der Waals surface area contributed by atoms with E-state index in [9.17, 15) is 4.79 Å². The number of rotatable bonds is 3. The fraction of sp³-hybridized carbons (Fsp3) is 0.444. The summed E-state index contributed by atoms with van der Waals surface area (Å²) in [5, 5.41) is 0. The van der Waals surface area contributed by atoms with Crippen LogP contribution in [0, 0.1) is 0 Å². The van der Waals surface area contributed by atoms with Crippen LogP contribution in [0.1, 0.15) is 20.8 Å². The second-order valence-electron chi connectivity index (χ2n) is 2.98. The van der Waals surface area contributed by atoms with Crippen LogP contribution in [-0.4, -0.2) is 12.5 Å². The molecule has 0 fully saturated rings. The normalized spacial score (nSPS) is 12.0. The molecule has 0 aliphatic rings. The molecule has 0 aromatic carbocycles. The van der Waals surface area contributed by atoms with Gasteiger partial charge in [0.25, 0.3) is 0 Å². The van der Waals surface area contributed by atoms with E-state index in [1.165, 1.54) is 0 Å². The van der Waals surface area contributed by atoms with Gasteiger partial charge < -0.3 is 11.5 Å². The monoisotopic (exact) mass is 168 g/mol. The first-order chi connectivity index (χ1) is 5.49. The molecule has 0 spiro atoms. The van der Waals surface area contributed by atoms with Crippen LogP contribution in [0.15, 0.2) is 22.8 Å². The van der Waals surface area contributed by atoms with E-state index in [-0.39, 0.29) is 0 Å². The third-order valence-corrected chi connectivity index (χ3v) is 1.46. The van der Waals surface area contributed by atoms with Crippen LogP contribution in [0.25, 0.3) is 0 Å². The molecule has 0 radical (unpaired) electrons. The van der Waals surface area contributed by atoms with E-state index < -0.39 is 5.91 Å². The van der Waals surface area contributed by atoms with Gasteiger partial charge in [0.2, 0.25) is 5.91 Å². The van der Waals surface area contributed by atoms with Crippen LogP contribution in [0.2, 0.25) is 0 Å². The topological polar surface area (TPSA) is 69.1 Å². The number of amides is 1. The van der Waals surface area contributed by atoms with Crippen molar-refractivity contribution in [3.63, 3.8) is 0 Å². The van der Waals surface area contributed by atoms with Crippen LogP contribution >= 0.6 is 0 Å². The van der Waals surface area contributed by atoms with E-state index in [2.05, 4.69) is 0 Å². The Bertz CT molecular complexity index is 235. The lowest BCUT2D eigenvalue weighted by Crippen LogP contribution is -2.17. The first-order valence-electron chi connectivity index (χ1n) is 3.83. The molecule has 0 aromatic heterocycles. The summed E-state index contributed by atoms with van der Waals surface area (Å²) >= 11 is 0. The molecule has 1 amide bonds. The van der Waals surface area contributed by atoms with Gasteiger partial charge in [-0.25, -0.2) is 0 Å². The molecule has 0 saturated heterocycles. The average Bonchev–Trinajstić information content (AvgIpc) is 1.98. The molecule has 0 aliphatic heterocycles. The average molecular weight is 168 g/mol. The molecular weight excluding hydrogens is 152 g/mol. The second kappa shape index (κ2) is 4.72. The van der Waals surface area contributed by atoms with Gasteiger partial charge in [-0.05, 0) is 26.3 Å². The summed E-state index contributed by atoms with van der Waals surface area (Å²) in [4.78, 5) is 10.9. The van der Waals surface area contributed by atoms with Crippen molar-refractivity contribution in [3.05, 3.63) is 22.8 Å². The lowest BCUT2D eigenvalue weighted by Gasteiger charge is -2.02. The largest absolute Gasteiger partial charge is 0.366 e. The fourth-order valence-corrected chi connectivity index (χ4v) is 0.803. The second-order valence-corrected chi connectivity index (χ2v) is 2.98. The van der Waals surface area contributed by atoms with Crippen LogP contribution < -0.4 is 11.5 Å². The number of carbonyl (C=O) groups excluding carboxylic acids is 1. The maximum atomic E-state index is 10.9. The van der Waals surface area contributed by atoms with Crippen LogP contribution in [0.4, 0.5) is 0 Å². The molecule has 0 saturated carbocycles. The van der Waals surface area contributed by atoms with Gasteiger partial charge in [-0.3, -0.25) is 4.79 Å². The minimum absolute atomic E-state index is 0.363. The van der Waals surface area contributed by atoms with E-state index in [0.29, 0.717) is 12.1 Å². The highest BCUT2D eigenvalue weighted by molar-refractivity contribution is 5.95. The Kier molecular flexibility index (Phi) is 4.29. The van der Waals surface area contributed by atoms with Crippen molar-refractivity contribution in [1.82, 2.24) is 0 Å². The summed E-state index contributed by atoms with van der Waals surface area (Å²) in [6.45, 7) is 5.99. The molecule has 0 aliphatic carbocycles. The van der Waals surface area contributed by atoms with Gasteiger partial charge in [0.1, 0.15) is 0 Å². The maximum absolute atomic E-state index is 10.9. The molecule has 0 heterocycles. The van der Waals surface area contributed by atoms with Crippen molar-refractivity contribution in [1.29, 1.82) is 0 Å². The molecule has 3 heteroatoms. The Hall–Kier alpha value is -1.09. The minimum Gasteiger partial charge on any atom is -0.366 e. The predicted molar refractivity (Wildman–Crippen MR) is 50.4 cm³/mol. The van der Waals surface area contributed by atoms with Crippen LogP contribution in [0.5, 0.6) is 0 Å². The van der Waals surface area contributed by atoms with Gasteiger partial charge in [0, 0.05) is 12.1 Å². The Morgan fingerprint density at radius 2 is 1.83 bits per heavy atom. The quantitative estimate of drug-likeness (QED) is 0.481. The Morgan fingerprint density at radius 3 is 2.08 bits per heavy atom. The van der Waals surface area contributed by atoms with Gasteiger partial charge in [-0.2, -0.15) is 0 Å². The highest BCUT2D eigenvalue weighted by Crippen LogP contribution is 2.06. The third kappa shape index (κ3) is 3.34. The molecule has 68 valence electrons.